The van der Waals surface area contributed by atoms with E-state index in [1.807, 2.05) is 18.2 Å². The Bertz CT molecular complexity index is 880. The lowest BCUT2D eigenvalue weighted by Crippen LogP contribution is -3.00. The predicted molar refractivity (Wildman–Crippen MR) is 111 cm³/mol. The molecule has 0 saturated heterocycles. The number of phenolic OH excluding ortho intramolecular Hbond substituents is 1. The SMILES string of the molecule is CCN(CC)c1ccc(C=CC2=[N+](C)c3ccccc3C2(C)C)c(O)c1.[I-]. The van der Waals surface area contributed by atoms with Crippen LogP contribution in [-0.4, -0.2) is 35.5 Å². The summed E-state index contributed by atoms with van der Waals surface area (Å²) < 4.78 is 2.24. The molecule has 1 N–H and O–H groups in total. The lowest BCUT2D eigenvalue weighted by Gasteiger charge is -2.21. The highest BCUT2D eigenvalue weighted by atomic mass is 127. The molecule has 2 aromatic rings. The first-order chi connectivity index (χ1) is 12.4. The summed E-state index contributed by atoms with van der Waals surface area (Å²) in [7, 11) is 2.11. The molecule has 4 heteroatoms. The van der Waals surface area contributed by atoms with Crippen molar-refractivity contribution in [2.45, 2.75) is 33.1 Å². The molecule has 0 aromatic heterocycles. The predicted octanol–water partition coefficient (Wildman–Crippen LogP) is 1.96. The molecule has 0 unspecified atom stereocenters. The van der Waals surface area contributed by atoms with Gasteiger partial charge in [-0.05, 0) is 45.9 Å². The first-order valence-corrected chi connectivity index (χ1v) is 9.36. The molecule has 3 rings (SSSR count). The molecule has 0 radical (unpaired) electrons. The standard InChI is InChI=1S/C23H28N2O.HI/c1-6-25(7-2)18-14-12-17(21(26)16-18)13-15-22-23(3,4)19-10-8-9-11-20(19)24(22)5;/h8-16H,6-7H2,1-5H3;1H. The lowest BCUT2D eigenvalue weighted by molar-refractivity contribution is -0.401. The van der Waals surface area contributed by atoms with Gasteiger partial charge in [0.05, 0.1) is 5.41 Å². The molecule has 144 valence electrons. The number of hydrogen-bond acceptors (Lipinski definition) is 2. The van der Waals surface area contributed by atoms with Crippen LogP contribution in [0.1, 0.15) is 38.8 Å². The molecule has 1 heterocycles. The van der Waals surface area contributed by atoms with E-state index in [-0.39, 0.29) is 29.4 Å². The average molecular weight is 476 g/mol. The third kappa shape index (κ3) is 3.91. The second-order valence-corrected chi connectivity index (χ2v) is 7.34. The van der Waals surface area contributed by atoms with Gasteiger partial charge >= 0.3 is 0 Å². The molecule has 1 aliphatic rings. The van der Waals surface area contributed by atoms with Crippen molar-refractivity contribution in [3.05, 3.63) is 59.7 Å². The van der Waals surface area contributed by atoms with Gasteiger partial charge in [-0.25, -0.2) is 0 Å². The van der Waals surface area contributed by atoms with Gasteiger partial charge in [0.1, 0.15) is 12.8 Å². The molecule has 3 nitrogen and oxygen atoms in total. The minimum Gasteiger partial charge on any atom is -1.00 e. The van der Waals surface area contributed by atoms with Crippen LogP contribution in [-0.2, 0) is 5.41 Å². The van der Waals surface area contributed by atoms with E-state index >= 15 is 0 Å². The number of aromatic hydroxyl groups is 1. The van der Waals surface area contributed by atoms with Gasteiger partial charge in [-0.3, -0.25) is 0 Å². The topological polar surface area (TPSA) is 26.5 Å². The van der Waals surface area contributed by atoms with E-state index in [0.717, 1.165) is 24.3 Å². The van der Waals surface area contributed by atoms with Crippen LogP contribution in [0.25, 0.3) is 6.08 Å². The van der Waals surface area contributed by atoms with E-state index in [4.69, 9.17) is 0 Å². The zero-order valence-corrected chi connectivity index (χ0v) is 19.0. The van der Waals surface area contributed by atoms with Gasteiger partial charge < -0.3 is 34.0 Å². The van der Waals surface area contributed by atoms with E-state index in [0.29, 0.717) is 5.75 Å². The molecular weight excluding hydrogens is 447 g/mol. The summed E-state index contributed by atoms with van der Waals surface area (Å²) in [5, 5.41) is 10.5. The van der Waals surface area contributed by atoms with Crippen LogP contribution in [0, 0.1) is 0 Å². The van der Waals surface area contributed by atoms with Gasteiger partial charge in [0.25, 0.3) is 0 Å². The molecule has 27 heavy (non-hydrogen) atoms. The fraction of sp³-hybridized carbons (Fsp3) is 0.348. The molecule has 0 aliphatic carbocycles. The van der Waals surface area contributed by atoms with E-state index in [1.54, 1.807) is 0 Å². The minimum atomic E-state index is -0.0569. The highest BCUT2D eigenvalue weighted by molar-refractivity contribution is 6.05. The lowest BCUT2D eigenvalue weighted by atomic mass is 9.81. The molecule has 2 aromatic carbocycles. The van der Waals surface area contributed by atoms with Gasteiger partial charge in [-0.15, -0.1) is 0 Å². The monoisotopic (exact) mass is 476 g/mol. The van der Waals surface area contributed by atoms with E-state index in [9.17, 15) is 5.11 Å². The Hall–Kier alpha value is -1.82. The Kier molecular flexibility index (Phi) is 6.73. The maximum Gasteiger partial charge on any atom is 0.209 e. The van der Waals surface area contributed by atoms with Crippen LogP contribution in [0.4, 0.5) is 11.4 Å². The third-order valence-electron chi connectivity index (χ3n) is 5.50. The number of nitrogens with zero attached hydrogens (tertiary/aromatic N) is 2. The second kappa shape index (κ2) is 8.46. The first-order valence-electron chi connectivity index (χ1n) is 9.36. The number of halogens is 1. The summed E-state index contributed by atoms with van der Waals surface area (Å²) in [5.41, 5.74) is 5.66. The molecule has 0 spiro atoms. The van der Waals surface area contributed by atoms with Crippen LogP contribution in [0.2, 0.25) is 0 Å². The first kappa shape index (κ1) is 21.5. The van der Waals surface area contributed by atoms with Crippen molar-refractivity contribution in [2.75, 3.05) is 25.0 Å². The fourth-order valence-electron chi connectivity index (χ4n) is 3.93. The highest BCUT2D eigenvalue weighted by Gasteiger charge is 2.42. The van der Waals surface area contributed by atoms with Crippen molar-refractivity contribution in [3.63, 3.8) is 0 Å². The number of para-hydroxylation sites is 1. The Balaban J connectivity index is 0.00000261. The van der Waals surface area contributed by atoms with Crippen LogP contribution in [0.3, 0.4) is 0 Å². The number of phenols is 1. The maximum absolute atomic E-state index is 10.5. The number of hydrogen-bond donors (Lipinski definition) is 1. The van der Waals surface area contributed by atoms with Crippen LogP contribution >= 0.6 is 0 Å². The van der Waals surface area contributed by atoms with Crippen LogP contribution < -0.4 is 28.9 Å². The van der Waals surface area contributed by atoms with Crippen molar-refractivity contribution in [3.8, 4) is 5.75 Å². The Labute approximate surface area is 180 Å². The molecule has 0 atom stereocenters. The summed E-state index contributed by atoms with van der Waals surface area (Å²) in [4.78, 5) is 2.23. The molecular formula is C23H29IN2O. The largest absolute Gasteiger partial charge is 1.00 e. The summed E-state index contributed by atoms with van der Waals surface area (Å²) in [6.07, 6.45) is 4.15. The number of fused-ring (bicyclic) bond motifs is 1. The smallest absolute Gasteiger partial charge is 0.209 e. The Morgan fingerprint density at radius 2 is 1.70 bits per heavy atom. The highest BCUT2D eigenvalue weighted by Crippen LogP contribution is 2.39. The normalized spacial score (nSPS) is 15.0. The number of allylic oxidation sites excluding steroid dienone is 1. The molecule has 0 amide bonds. The zero-order valence-electron chi connectivity index (χ0n) is 16.8. The Morgan fingerprint density at radius 1 is 1.04 bits per heavy atom. The van der Waals surface area contributed by atoms with Crippen molar-refractivity contribution >= 4 is 23.2 Å². The van der Waals surface area contributed by atoms with Gasteiger partial charge in [0, 0.05) is 48.1 Å². The average Bonchev–Trinajstić information content (AvgIpc) is 2.82. The summed E-state index contributed by atoms with van der Waals surface area (Å²) in [5.74, 6) is 0.322. The number of benzene rings is 2. The summed E-state index contributed by atoms with van der Waals surface area (Å²) in [6, 6.07) is 14.5. The number of rotatable bonds is 5. The van der Waals surface area contributed by atoms with Crippen molar-refractivity contribution in [2.24, 2.45) is 0 Å². The molecule has 0 fully saturated rings. The van der Waals surface area contributed by atoms with E-state index < -0.39 is 0 Å². The fourth-order valence-corrected chi connectivity index (χ4v) is 3.93. The van der Waals surface area contributed by atoms with Crippen molar-refractivity contribution in [1.82, 2.24) is 0 Å². The zero-order chi connectivity index (χ0) is 18.9. The second-order valence-electron chi connectivity index (χ2n) is 7.34. The van der Waals surface area contributed by atoms with Gasteiger partial charge in [0.15, 0.2) is 5.71 Å². The van der Waals surface area contributed by atoms with E-state index in [1.165, 1.54) is 17.0 Å². The van der Waals surface area contributed by atoms with E-state index in [2.05, 4.69) is 80.6 Å². The van der Waals surface area contributed by atoms with Gasteiger partial charge in [-0.1, -0.05) is 18.2 Å². The number of anilines is 1. The van der Waals surface area contributed by atoms with Crippen molar-refractivity contribution in [1.29, 1.82) is 0 Å². The molecule has 0 saturated carbocycles. The Morgan fingerprint density at radius 3 is 2.30 bits per heavy atom. The van der Waals surface area contributed by atoms with Crippen LogP contribution in [0.5, 0.6) is 5.75 Å². The third-order valence-corrected chi connectivity index (χ3v) is 5.50. The minimum absolute atomic E-state index is 0. The summed E-state index contributed by atoms with van der Waals surface area (Å²) >= 11 is 0. The van der Waals surface area contributed by atoms with Gasteiger partial charge in [0.2, 0.25) is 5.69 Å². The van der Waals surface area contributed by atoms with Gasteiger partial charge in [-0.2, -0.15) is 4.58 Å². The van der Waals surface area contributed by atoms with Crippen LogP contribution in [0.15, 0.2) is 48.5 Å². The van der Waals surface area contributed by atoms with Crippen molar-refractivity contribution < 1.29 is 33.7 Å². The molecule has 0 bridgehead atoms. The molecule has 1 aliphatic heterocycles. The quantitative estimate of drug-likeness (QED) is 0.528. The maximum atomic E-state index is 10.5. The summed E-state index contributed by atoms with van der Waals surface area (Å²) in [6.45, 7) is 10.6.